The Balaban J connectivity index is 1.01. The van der Waals surface area contributed by atoms with Gasteiger partial charge < -0.3 is 28.4 Å². The Labute approximate surface area is 299 Å². The highest BCUT2D eigenvalue weighted by molar-refractivity contribution is 5.14. The van der Waals surface area contributed by atoms with Crippen molar-refractivity contribution in [2.24, 2.45) is 47.3 Å². The molecule has 16 atom stereocenters. The van der Waals surface area contributed by atoms with Gasteiger partial charge in [0, 0.05) is 36.5 Å². The average molecular weight is 757 g/mol. The van der Waals surface area contributed by atoms with Crippen molar-refractivity contribution in [2.75, 3.05) is 13.2 Å². The molecule has 10 rings (SSSR count). The number of fused-ring (bicyclic) bond motifs is 4. The summed E-state index contributed by atoms with van der Waals surface area (Å²) in [6.45, 7) is 8.93. The minimum absolute atomic E-state index is 0.141. The Morgan fingerprint density at radius 2 is 0.923 bits per heavy atom. The quantitative estimate of drug-likeness (QED) is 0.152. The van der Waals surface area contributed by atoms with Crippen LogP contribution < -0.4 is 0 Å². The van der Waals surface area contributed by atoms with Crippen LogP contribution in [0.3, 0.4) is 0 Å². The Kier molecular flexibility index (Phi) is 8.88. The zero-order chi connectivity index (χ0) is 37.3. The van der Waals surface area contributed by atoms with Crippen LogP contribution in [0.5, 0.6) is 0 Å². The van der Waals surface area contributed by atoms with Crippen LogP contribution in [0.15, 0.2) is 12.2 Å². The van der Waals surface area contributed by atoms with Crippen molar-refractivity contribution < 1.29 is 74.3 Å². The first kappa shape index (κ1) is 37.8. The number of ether oxygens (including phenoxy) is 6. The van der Waals surface area contributed by atoms with Crippen LogP contribution in [0, 0.1) is 47.3 Å². The summed E-state index contributed by atoms with van der Waals surface area (Å²) in [6.07, 6.45) is -6.13. The summed E-state index contributed by atoms with van der Waals surface area (Å²) in [4.78, 5) is 23.4. The Bertz CT molecular complexity index is 1310. The molecular formula is C36H50F6O10. The van der Waals surface area contributed by atoms with Crippen molar-refractivity contribution in [3.05, 3.63) is 12.2 Å². The fourth-order valence-corrected chi connectivity index (χ4v) is 11.5. The van der Waals surface area contributed by atoms with E-state index in [1.54, 1.807) is 13.8 Å². The number of halogens is 6. The predicted octanol–water partition coefficient (Wildman–Crippen LogP) is 7.86. The van der Waals surface area contributed by atoms with Crippen LogP contribution in [0.1, 0.15) is 92.9 Å². The molecule has 2 saturated carbocycles. The fraction of sp³-hybridized carbons (Fsp3) is 0.944. The molecule has 10 nitrogen and oxygen atoms in total. The van der Waals surface area contributed by atoms with Crippen LogP contribution in [-0.2, 0) is 48.0 Å². The van der Waals surface area contributed by atoms with Gasteiger partial charge in [-0.2, -0.15) is 26.3 Å². The highest BCUT2D eigenvalue weighted by atomic mass is 19.4. The molecule has 16 heteroatoms. The molecular weight excluding hydrogens is 706 g/mol. The van der Waals surface area contributed by atoms with Gasteiger partial charge in [-0.25, -0.2) is 19.6 Å². The number of rotatable bonds is 6. The predicted molar refractivity (Wildman–Crippen MR) is 165 cm³/mol. The standard InChI is InChI=1S/C36H50F6O10/c1-19-9-11-25-21(3)33(35(37,38)39,47-27-31(25)23(19)13-15-29(5,45-27)49-51-31)43-17-7-8-18-44-34(36(40,41)42)22(4)26-12-10-20(2)24-14-16-30(6)46-28(48-34)32(24,26)52-50-30/h7-8,19-28H,9-18H2,1-6H3/b8-7-/t19-,20-,21-,22-,23+,24+,25+,26+,27+,28+,29+,30+,31-,32-,33-,34-/m1/s1. The van der Waals surface area contributed by atoms with Crippen LogP contribution in [0.4, 0.5) is 26.3 Å². The van der Waals surface area contributed by atoms with E-state index >= 15 is 26.3 Å². The van der Waals surface area contributed by atoms with Gasteiger partial charge in [-0.3, -0.25) is 0 Å². The molecule has 2 aliphatic carbocycles. The van der Waals surface area contributed by atoms with E-state index in [4.69, 9.17) is 48.0 Å². The molecule has 8 saturated heterocycles. The summed E-state index contributed by atoms with van der Waals surface area (Å²) in [6, 6.07) is 0. The maximum Gasteiger partial charge on any atom is 0.443 e. The number of alkyl halides is 6. The summed E-state index contributed by atoms with van der Waals surface area (Å²) in [7, 11) is 0. The first-order valence-corrected chi connectivity index (χ1v) is 18.8. The molecule has 4 bridgehead atoms. The second kappa shape index (κ2) is 12.2. The fourth-order valence-electron chi connectivity index (χ4n) is 11.5. The molecule has 8 aliphatic heterocycles. The normalized spacial score (nSPS) is 54.4. The molecule has 0 radical (unpaired) electrons. The third kappa shape index (κ3) is 5.13. The lowest BCUT2D eigenvalue weighted by molar-refractivity contribution is -0.598. The third-order valence-corrected chi connectivity index (χ3v) is 14.3. The first-order valence-electron chi connectivity index (χ1n) is 18.8. The molecule has 2 spiro atoms. The molecule has 0 aromatic heterocycles. The van der Waals surface area contributed by atoms with Gasteiger partial charge >= 0.3 is 12.4 Å². The van der Waals surface area contributed by atoms with Gasteiger partial charge in [0.15, 0.2) is 23.8 Å². The Morgan fingerprint density at radius 1 is 0.538 bits per heavy atom. The van der Waals surface area contributed by atoms with E-state index in [0.717, 1.165) is 0 Å². The van der Waals surface area contributed by atoms with E-state index < -0.39 is 96.2 Å². The van der Waals surface area contributed by atoms with Crippen LogP contribution in [0.25, 0.3) is 0 Å². The van der Waals surface area contributed by atoms with Crippen molar-refractivity contribution in [1.29, 1.82) is 0 Å². The monoisotopic (exact) mass is 756 g/mol. The highest BCUT2D eigenvalue weighted by Crippen LogP contribution is 2.66. The van der Waals surface area contributed by atoms with Gasteiger partial charge in [-0.1, -0.05) is 39.8 Å². The molecule has 8 heterocycles. The maximum atomic E-state index is 15.2. The summed E-state index contributed by atoms with van der Waals surface area (Å²) < 4.78 is 126. The Hall–Kier alpha value is -1.08. The molecule has 0 unspecified atom stereocenters. The van der Waals surface area contributed by atoms with Crippen LogP contribution in [0.2, 0.25) is 0 Å². The van der Waals surface area contributed by atoms with Gasteiger partial charge in [0.1, 0.15) is 0 Å². The largest absolute Gasteiger partial charge is 0.443 e. The van der Waals surface area contributed by atoms with Crippen molar-refractivity contribution in [3.63, 3.8) is 0 Å². The smallest absolute Gasteiger partial charge is 0.338 e. The minimum atomic E-state index is -4.99. The molecule has 0 aromatic rings. The Morgan fingerprint density at radius 3 is 1.29 bits per heavy atom. The summed E-state index contributed by atoms with van der Waals surface area (Å²) in [5.74, 6) is -12.6. The minimum Gasteiger partial charge on any atom is -0.338 e. The van der Waals surface area contributed by atoms with Crippen molar-refractivity contribution >= 4 is 0 Å². The maximum absolute atomic E-state index is 15.2. The summed E-state index contributed by atoms with van der Waals surface area (Å²) >= 11 is 0. The molecule has 0 aromatic carbocycles. The number of hydrogen-bond donors (Lipinski definition) is 0. The SMILES string of the molecule is C[C@@H]1CC[C@H]2[C@@H](C)[C@](OC/C=C\CO[C@@]3(C(F)(F)F)O[C@@H]4O[C@]5(C)CC[C@H]6[C@H](C)CC[C@@H]([C@H]3C)[C@@]46OO5)(C(F)(F)F)O[C@@H]3O[C@]4(C)CC[C@@H]1[C@]32OO4. The second-order valence-corrected chi connectivity index (χ2v) is 17.1. The first-order chi connectivity index (χ1) is 24.3. The molecule has 0 amide bonds. The van der Waals surface area contributed by atoms with E-state index in [0.29, 0.717) is 51.4 Å². The lowest BCUT2D eigenvalue weighted by atomic mass is 9.57. The van der Waals surface area contributed by atoms with Gasteiger partial charge in [0.05, 0.1) is 13.2 Å². The van der Waals surface area contributed by atoms with E-state index in [1.807, 2.05) is 0 Å². The summed E-state index contributed by atoms with van der Waals surface area (Å²) in [5.41, 5.74) is -2.50. The van der Waals surface area contributed by atoms with Crippen LogP contribution in [-0.4, -0.2) is 72.5 Å². The van der Waals surface area contributed by atoms with Gasteiger partial charge in [-0.15, -0.1) is 0 Å². The van der Waals surface area contributed by atoms with Gasteiger partial charge in [-0.05, 0) is 76.0 Å². The van der Waals surface area contributed by atoms with Crippen molar-refractivity contribution in [1.82, 2.24) is 0 Å². The van der Waals surface area contributed by atoms with Crippen molar-refractivity contribution in [2.45, 2.75) is 152 Å². The van der Waals surface area contributed by atoms with E-state index in [2.05, 4.69) is 13.8 Å². The second-order valence-electron chi connectivity index (χ2n) is 17.1. The molecule has 10 aliphatic rings. The molecule has 0 N–H and O–H groups in total. The number of hydrogen-bond acceptors (Lipinski definition) is 10. The average Bonchev–Trinajstić information content (AvgIpc) is 3.43. The van der Waals surface area contributed by atoms with Crippen molar-refractivity contribution in [3.8, 4) is 0 Å². The third-order valence-electron chi connectivity index (χ3n) is 14.3. The molecule has 52 heavy (non-hydrogen) atoms. The molecule has 10 fully saturated rings. The lowest BCUT2D eigenvalue weighted by Gasteiger charge is -2.62. The molecule has 296 valence electrons. The zero-order valence-electron chi connectivity index (χ0n) is 30.3. The van der Waals surface area contributed by atoms with Gasteiger partial charge in [0.25, 0.3) is 11.6 Å². The zero-order valence-corrected chi connectivity index (χ0v) is 30.3. The van der Waals surface area contributed by atoms with Gasteiger partial charge in [0.2, 0.25) is 11.6 Å². The van der Waals surface area contributed by atoms with E-state index in [-0.39, 0.29) is 23.7 Å². The van der Waals surface area contributed by atoms with Crippen LogP contribution >= 0.6 is 0 Å². The highest BCUT2D eigenvalue weighted by Gasteiger charge is 2.79. The van der Waals surface area contributed by atoms with E-state index in [1.165, 1.54) is 26.0 Å². The topological polar surface area (TPSA) is 92.3 Å². The lowest BCUT2D eigenvalue weighted by Crippen LogP contribution is -2.76. The summed E-state index contributed by atoms with van der Waals surface area (Å²) in [5, 5.41) is 0. The van der Waals surface area contributed by atoms with E-state index in [9.17, 15) is 0 Å².